The number of hydrogen-bond acceptors (Lipinski definition) is 4. The molecule has 0 spiro atoms. The molecule has 7 nitrogen and oxygen atoms in total. The van der Waals surface area contributed by atoms with Gasteiger partial charge in [0.2, 0.25) is 10.0 Å². The molecule has 1 aliphatic heterocycles. The van der Waals surface area contributed by atoms with Crippen LogP contribution in [0.15, 0.2) is 52.1 Å². The first-order valence-electron chi connectivity index (χ1n) is 9.05. The first kappa shape index (κ1) is 20.3. The van der Waals surface area contributed by atoms with Gasteiger partial charge in [-0.2, -0.15) is 4.31 Å². The monoisotopic (exact) mass is 496 g/mol. The standard InChI is InChI=1S/C19H18BrClN4O3S/c20-13-3-6-18-23-14(12-24(18)11-13)10-22-19(26)16-9-15(4-5-17(16)21)29(27,28)25-7-1-2-8-25/h3-6,9,11-12H,1-2,7-8,10H2,(H,22,26). The number of carbonyl (C=O) groups is 1. The van der Waals surface area contributed by atoms with Crippen LogP contribution in [0.5, 0.6) is 0 Å². The van der Waals surface area contributed by atoms with Gasteiger partial charge in [-0.15, -0.1) is 0 Å². The third-order valence-electron chi connectivity index (χ3n) is 4.78. The Kier molecular flexibility index (Phi) is 5.65. The Morgan fingerprint density at radius 2 is 1.93 bits per heavy atom. The van der Waals surface area contributed by atoms with Crippen molar-refractivity contribution >= 4 is 49.1 Å². The number of sulfonamides is 1. The minimum atomic E-state index is -3.63. The molecule has 0 aliphatic carbocycles. The molecule has 0 unspecified atom stereocenters. The molecule has 0 atom stereocenters. The summed E-state index contributed by atoms with van der Waals surface area (Å²) in [7, 11) is -3.63. The molecule has 1 aliphatic rings. The number of carbonyl (C=O) groups excluding carboxylic acids is 1. The highest BCUT2D eigenvalue weighted by Crippen LogP contribution is 2.25. The fourth-order valence-corrected chi connectivity index (χ4v) is 5.38. The molecule has 2 aromatic heterocycles. The SMILES string of the molecule is O=C(NCc1cn2cc(Br)ccc2n1)c1cc(S(=O)(=O)N2CCCC2)ccc1Cl. The number of halogens is 2. The average molecular weight is 498 g/mol. The fraction of sp³-hybridized carbons (Fsp3) is 0.263. The minimum absolute atomic E-state index is 0.0755. The largest absolute Gasteiger partial charge is 0.346 e. The van der Waals surface area contributed by atoms with Crippen molar-refractivity contribution in [1.29, 1.82) is 0 Å². The molecule has 29 heavy (non-hydrogen) atoms. The lowest BCUT2D eigenvalue weighted by molar-refractivity contribution is 0.0950. The second-order valence-electron chi connectivity index (χ2n) is 6.78. The van der Waals surface area contributed by atoms with E-state index in [2.05, 4.69) is 26.2 Å². The third kappa shape index (κ3) is 4.18. The van der Waals surface area contributed by atoms with E-state index in [1.807, 2.05) is 28.9 Å². The van der Waals surface area contributed by atoms with E-state index in [0.717, 1.165) is 23.0 Å². The highest BCUT2D eigenvalue weighted by molar-refractivity contribution is 9.10. The molecule has 0 bridgehead atoms. The fourth-order valence-electron chi connectivity index (χ4n) is 3.28. The van der Waals surface area contributed by atoms with Crippen molar-refractivity contribution in [3.8, 4) is 0 Å². The summed E-state index contributed by atoms with van der Waals surface area (Å²) >= 11 is 9.57. The number of pyridine rings is 1. The first-order chi connectivity index (χ1) is 13.8. The van der Waals surface area contributed by atoms with Crippen molar-refractivity contribution in [2.45, 2.75) is 24.3 Å². The number of amides is 1. The van der Waals surface area contributed by atoms with Crippen LogP contribution in [0.2, 0.25) is 5.02 Å². The van der Waals surface area contributed by atoms with Crippen LogP contribution in [0.4, 0.5) is 0 Å². The van der Waals surface area contributed by atoms with Gasteiger partial charge in [0.1, 0.15) is 5.65 Å². The predicted octanol–water partition coefficient (Wildman–Crippen LogP) is 3.46. The molecular weight excluding hydrogens is 480 g/mol. The Labute approximate surface area is 181 Å². The van der Waals surface area contributed by atoms with Gasteiger partial charge in [0.05, 0.1) is 27.7 Å². The number of fused-ring (bicyclic) bond motifs is 1. The van der Waals surface area contributed by atoms with E-state index in [9.17, 15) is 13.2 Å². The molecule has 3 aromatic rings. The lowest BCUT2D eigenvalue weighted by Gasteiger charge is -2.16. The third-order valence-corrected chi connectivity index (χ3v) is 7.47. The molecule has 0 radical (unpaired) electrons. The Morgan fingerprint density at radius 1 is 1.17 bits per heavy atom. The van der Waals surface area contributed by atoms with Crippen LogP contribution in [0.3, 0.4) is 0 Å². The van der Waals surface area contributed by atoms with Crippen LogP contribution in [-0.2, 0) is 16.6 Å². The molecule has 10 heteroatoms. The number of benzene rings is 1. The van der Waals surface area contributed by atoms with Gasteiger partial charge < -0.3 is 9.72 Å². The van der Waals surface area contributed by atoms with Gasteiger partial charge >= 0.3 is 0 Å². The molecule has 1 fully saturated rings. The van der Waals surface area contributed by atoms with Crippen molar-refractivity contribution in [2.24, 2.45) is 0 Å². The van der Waals surface area contributed by atoms with E-state index in [1.54, 1.807) is 0 Å². The Morgan fingerprint density at radius 3 is 2.69 bits per heavy atom. The van der Waals surface area contributed by atoms with Crippen molar-refractivity contribution < 1.29 is 13.2 Å². The summed E-state index contributed by atoms with van der Waals surface area (Å²) in [4.78, 5) is 17.2. The van der Waals surface area contributed by atoms with Crippen molar-refractivity contribution in [2.75, 3.05) is 13.1 Å². The van der Waals surface area contributed by atoms with Gasteiger partial charge in [0, 0.05) is 30.0 Å². The maximum atomic E-state index is 12.8. The van der Waals surface area contributed by atoms with Gasteiger partial charge in [0.25, 0.3) is 5.91 Å². The second kappa shape index (κ2) is 8.06. The van der Waals surface area contributed by atoms with E-state index in [1.165, 1.54) is 22.5 Å². The van der Waals surface area contributed by atoms with Crippen LogP contribution in [0.25, 0.3) is 5.65 Å². The van der Waals surface area contributed by atoms with Crippen LogP contribution in [0, 0.1) is 0 Å². The Bertz CT molecular complexity index is 1190. The first-order valence-corrected chi connectivity index (χ1v) is 11.7. The molecule has 152 valence electrons. The molecule has 4 rings (SSSR count). The lowest BCUT2D eigenvalue weighted by atomic mass is 10.2. The second-order valence-corrected chi connectivity index (χ2v) is 10.0. The predicted molar refractivity (Wildman–Crippen MR) is 114 cm³/mol. The highest BCUT2D eigenvalue weighted by atomic mass is 79.9. The van der Waals surface area contributed by atoms with Gasteiger partial charge in [0.15, 0.2) is 0 Å². The summed E-state index contributed by atoms with van der Waals surface area (Å²) in [6.07, 6.45) is 5.37. The smallest absolute Gasteiger partial charge is 0.253 e. The maximum absolute atomic E-state index is 12.8. The Balaban J connectivity index is 1.53. The van der Waals surface area contributed by atoms with Crippen molar-refractivity contribution in [3.05, 3.63) is 63.5 Å². The van der Waals surface area contributed by atoms with E-state index in [4.69, 9.17) is 11.6 Å². The van der Waals surface area contributed by atoms with Gasteiger partial charge in [-0.1, -0.05) is 11.6 Å². The van der Waals surface area contributed by atoms with Gasteiger partial charge in [-0.05, 0) is 59.1 Å². The number of rotatable bonds is 5. The van der Waals surface area contributed by atoms with E-state index in [0.29, 0.717) is 18.8 Å². The molecule has 0 saturated carbocycles. The van der Waals surface area contributed by atoms with Crippen LogP contribution < -0.4 is 5.32 Å². The van der Waals surface area contributed by atoms with Crippen LogP contribution in [0.1, 0.15) is 28.9 Å². The lowest BCUT2D eigenvalue weighted by Crippen LogP contribution is -2.28. The summed E-state index contributed by atoms with van der Waals surface area (Å²) < 4.78 is 29.7. The molecular formula is C19H18BrClN4O3S. The summed E-state index contributed by atoms with van der Waals surface area (Å²) in [6.45, 7) is 1.19. The molecule has 1 N–H and O–H groups in total. The number of aromatic nitrogens is 2. The molecule has 1 aromatic carbocycles. The number of nitrogens with one attached hydrogen (secondary N) is 1. The van der Waals surface area contributed by atoms with E-state index in [-0.39, 0.29) is 22.0 Å². The number of imidazole rings is 1. The summed E-state index contributed by atoms with van der Waals surface area (Å²) in [5.41, 5.74) is 1.56. The Hall–Kier alpha value is -1.94. The molecule has 3 heterocycles. The highest BCUT2D eigenvalue weighted by Gasteiger charge is 2.28. The van der Waals surface area contributed by atoms with Crippen LogP contribution in [-0.4, -0.2) is 41.1 Å². The summed E-state index contributed by atoms with van der Waals surface area (Å²) in [6, 6.07) is 7.97. The quantitative estimate of drug-likeness (QED) is 0.585. The normalized spacial score (nSPS) is 15.1. The van der Waals surface area contributed by atoms with Gasteiger partial charge in [-0.3, -0.25) is 4.79 Å². The molecule has 1 saturated heterocycles. The topological polar surface area (TPSA) is 83.8 Å². The van der Waals surface area contributed by atoms with E-state index >= 15 is 0 Å². The zero-order chi connectivity index (χ0) is 20.6. The van der Waals surface area contributed by atoms with Crippen molar-refractivity contribution in [1.82, 2.24) is 19.0 Å². The van der Waals surface area contributed by atoms with E-state index < -0.39 is 15.9 Å². The van der Waals surface area contributed by atoms with Crippen molar-refractivity contribution in [3.63, 3.8) is 0 Å². The maximum Gasteiger partial charge on any atom is 0.253 e. The number of nitrogens with zero attached hydrogens (tertiary/aromatic N) is 3. The summed E-state index contributed by atoms with van der Waals surface area (Å²) in [5, 5.41) is 2.96. The van der Waals surface area contributed by atoms with Crippen LogP contribution >= 0.6 is 27.5 Å². The minimum Gasteiger partial charge on any atom is -0.346 e. The van der Waals surface area contributed by atoms with Gasteiger partial charge in [-0.25, -0.2) is 13.4 Å². The average Bonchev–Trinajstić information content (AvgIpc) is 3.36. The zero-order valence-corrected chi connectivity index (χ0v) is 18.5. The number of hydrogen-bond donors (Lipinski definition) is 1. The molecule has 1 amide bonds. The summed E-state index contributed by atoms with van der Waals surface area (Å²) in [5.74, 6) is -0.452. The zero-order valence-electron chi connectivity index (χ0n) is 15.3.